The molecule has 0 amide bonds. The number of benzene rings is 1. The van der Waals surface area contributed by atoms with Crippen LogP contribution in [0.1, 0.15) is 22.2 Å². The summed E-state index contributed by atoms with van der Waals surface area (Å²) in [5.41, 5.74) is 2.08. The second-order valence-electron chi connectivity index (χ2n) is 4.91. The smallest absolute Gasteiger partial charge is 0.122 e. The number of ether oxygens (including phenoxy) is 2. The molecule has 0 saturated carbocycles. The SMILES string of the molecule is C=Cc1nc(C2COc3ccc(OC)cc3C2)sc1NC. The van der Waals surface area contributed by atoms with Crippen molar-refractivity contribution in [3.63, 3.8) is 0 Å². The van der Waals surface area contributed by atoms with Crippen LogP contribution in [0.15, 0.2) is 24.8 Å². The lowest BCUT2D eigenvalue weighted by molar-refractivity contribution is 0.261. The Morgan fingerprint density at radius 2 is 2.38 bits per heavy atom. The lowest BCUT2D eigenvalue weighted by atomic mass is 9.97. The van der Waals surface area contributed by atoms with Crippen LogP contribution >= 0.6 is 11.3 Å². The Bertz CT molecular complexity index is 666. The number of rotatable bonds is 4. The lowest BCUT2D eigenvalue weighted by Gasteiger charge is -2.24. The first-order valence-corrected chi connectivity index (χ1v) is 7.67. The molecule has 1 aromatic heterocycles. The van der Waals surface area contributed by atoms with Gasteiger partial charge in [0.25, 0.3) is 0 Å². The zero-order valence-electron chi connectivity index (χ0n) is 12.2. The minimum absolute atomic E-state index is 0.274. The molecule has 2 heterocycles. The van der Waals surface area contributed by atoms with Crippen molar-refractivity contribution < 1.29 is 9.47 Å². The first-order chi connectivity index (χ1) is 10.2. The van der Waals surface area contributed by atoms with Gasteiger partial charge in [-0.3, -0.25) is 0 Å². The number of hydrogen-bond donors (Lipinski definition) is 1. The highest BCUT2D eigenvalue weighted by molar-refractivity contribution is 7.16. The van der Waals surface area contributed by atoms with Gasteiger partial charge >= 0.3 is 0 Å². The summed E-state index contributed by atoms with van der Waals surface area (Å²) >= 11 is 1.67. The van der Waals surface area contributed by atoms with Gasteiger partial charge in [0.1, 0.15) is 21.5 Å². The van der Waals surface area contributed by atoms with E-state index in [-0.39, 0.29) is 5.92 Å². The van der Waals surface area contributed by atoms with Crippen LogP contribution in [-0.4, -0.2) is 25.7 Å². The van der Waals surface area contributed by atoms with E-state index >= 15 is 0 Å². The highest BCUT2D eigenvalue weighted by Crippen LogP contribution is 2.38. The van der Waals surface area contributed by atoms with Crippen LogP contribution in [0.3, 0.4) is 0 Å². The van der Waals surface area contributed by atoms with Crippen molar-refractivity contribution in [2.45, 2.75) is 12.3 Å². The average Bonchev–Trinajstić information content (AvgIpc) is 2.97. The molecule has 0 saturated heterocycles. The molecule has 110 valence electrons. The summed E-state index contributed by atoms with van der Waals surface area (Å²) in [5, 5.41) is 5.31. The van der Waals surface area contributed by atoms with Gasteiger partial charge in [0.05, 0.1) is 19.4 Å². The zero-order valence-corrected chi connectivity index (χ0v) is 13.0. The Balaban J connectivity index is 1.88. The molecule has 1 atom stereocenters. The lowest BCUT2D eigenvalue weighted by Crippen LogP contribution is -2.19. The summed E-state index contributed by atoms with van der Waals surface area (Å²) in [6, 6.07) is 5.94. The largest absolute Gasteiger partial charge is 0.497 e. The predicted octanol–water partition coefficient (Wildman–Crippen LogP) is 3.56. The summed E-state index contributed by atoms with van der Waals surface area (Å²) in [6.07, 6.45) is 2.70. The fraction of sp³-hybridized carbons (Fsp3) is 0.312. The van der Waals surface area contributed by atoms with Gasteiger partial charge in [-0.25, -0.2) is 4.98 Å². The van der Waals surface area contributed by atoms with E-state index in [4.69, 9.17) is 9.47 Å². The Hall–Kier alpha value is -2.01. The molecule has 0 bridgehead atoms. The maximum atomic E-state index is 5.87. The van der Waals surface area contributed by atoms with Gasteiger partial charge in [0.15, 0.2) is 0 Å². The van der Waals surface area contributed by atoms with Crippen molar-refractivity contribution in [3.8, 4) is 11.5 Å². The van der Waals surface area contributed by atoms with Gasteiger partial charge in [-0.2, -0.15) is 0 Å². The maximum Gasteiger partial charge on any atom is 0.122 e. The molecule has 21 heavy (non-hydrogen) atoms. The Morgan fingerprint density at radius 1 is 1.52 bits per heavy atom. The van der Waals surface area contributed by atoms with Crippen molar-refractivity contribution >= 4 is 22.4 Å². The number of fused-ring (bicyclic) bond motifs is 1. The van der Waals surface area contributed by atoms with E-state index < -0.39 is 0 Å². The summed E-state index contributed by atoms with van der Waals surface area (Å²) in [6.45, 7) is 4.47. The minimum Gasteiger partial charge on any atom is -0.497 e. The second-order valence-corrected chi connectivity index (χ2v) is 5.94. The second kappa shape index (κ2) is 5.77. The molecule has 1 N–H and O–H groups in total. The normalized spacial score (nSPS) is 16.8. The van der Waals surface area contributed by atoms with Crippen LogP contribution in [0.2, 0.25) is 0 Å². The van der Waals surface area contributed by atoms with Crippen LogP contribution in [0.4, 0.5) is 5.00 Å². The number of hydrogen-bond acceptors (Lipinski definition) is 5. The molecule has 1 aliphatic heterocycles. The van der Waals surface area contributed by atoms with Crippen LogP contribution in [0.5, 0.6) is 11.5 Å². The highest BCUT2D eigenvalue weighted by Gasteiger charge is 2.25. The number of nitrogens with zero attached hydrogens (tertiary/aromatic N) is 1. The monoisotopic (exact) mass is 302 g/mol. The number of nitrogens with one attached hydrogen (secondary N) is 1. The number of methoxy groups -OCH3 is 1. The Labute approximate surface area is 128 Å². The average molecular weight is 302 g/mol. The van der Waals surface area contributed by atoms with Crippen LogP contribution in [0.25, 0.3) is 6.08 Å². The molecule has 1 aromatic carbocycles. The van der Waals surface area contributed by atoms with Gasteiger partial charge in [-0.05, 0) is 36.3 Å². The third kappa shape index (κ3) is 2.61. The molecule has 0 spiro atoms. The molecule has 5 heteroatoms. The van der Waals surface area contributed by atoms with Gasteiger partial charge in [-0.15, -0.1) is 11.3 Å². The standard InChI is InChI=1S/C16H18N2O2S/c1-4-13-16(17-2)21-15(18-13)11-7-10-8-12(19-3)5-6-14(10)20-9-11/h4-6,8,11,17H,1,7,9H2,2-3H3. The molecule has 0 aliphatic carbocycles. The Morgan fingerprint density at radius 3 is 3.05 bits per heavy atom. The fourth-order valence-corrected chi connectivity index (χ4v) is 3.50. The molecule has 2 aromatic rings. The van der Waals surface area contributed by atoms with E-state index in [1.165, 1.54) is 5.56 Å². The number of thiazole rings is 1. The van der Waals surface area contributed by atoms with Gasteiger partial charge in [0, 0.05) is 13.0 Å². The molecule has 4 nitrogen and oxygen atoms in total. The van der Waals surface area contributed by atoms with Gasteiger partial charge in [0.2, 0.25) is 0 Å². The summed E-state index contributed by atoms with van der Waals surface area (Å²) in [7, 11) is 3.58. The molecular formula is C16H18N2O2S. The van der Waals surface area contributed by atoms with Crippen molar-refractivity contribution in [2.24, 2.45) is 0 Å². The van der Waals surface area contributed by atoms with Crippen molar-refractivity contribution in [2.75, 3.05) is 26.1 Å². The Kier molecular flexibility index (Phi) is 3.84. The van der Waals surface area contributed by atoms with E-state index in [0.29, 0.717) is 6.61 Å². The topological polar surface area (TPSA) is 43.4 Å². The fourth-order valence-electron chi connectivity index (χ4n) is 2.50. The summed E-state index contributed by atoms with van der Waals surface area (Å²) < 4.78 is 11.2. The third-order valence-corrected chi connectivity index (χ3v) is 4.86. The van der Waals surface area contributed by atoms with Crippen LogP contribution < -0.4 is 14.8 Å². The first kappa shape index (κ1) is 13.9. The number of anilines is 1. The van der Waals surface area contributed by atoms with Crippen molar-refractivity contribution in [3.05, 3.63) is 41.0 Å². The quantitative estimate of drug-likeness (QED) is 0.938. The van der Waals surface area contributed by atoms with Crippen LogP contribution in [0, 0.1) is 0 Å². The minimum atomic E-state index is 0.274. The van der Waals surface area contributed by atoms with E-state index in [1.807, 2.05) is 25.2 Å². The predicted molar refractivity (Wildman–Crippen MR) is 86.7 cm³/mol. The first-order valence-electron chi connectivity index (χ1n) is 6.85. The van der Waals surface area contributed by atoms with E-state index in [1.54, 1.807) is 24.5 Å². The van der Waals surface area contributed by atoms with Crippen molar-refractivity contribution in [1.82, 2.24) is 4.98 Å². The van der Waals surface area contributed by atoms with Gasteiger partial charge < -0.3 is 14.8 Å². The van der Waals surface area contributed by atoms with E-state index in [9.17, 15) is 0 Å². The van der Waals surface area contributed by atoms with E-state index in [2.05, 4.69) is 16.9 Å². The summed E-state index contributed by atoms with van der Waals surface area (Å²) in [5.74, 6) is 2.08. The molecule has 0 radical (unpaired) electrons. The van der Waals surface area contributed by atoms with Gasteiger partial charge in [-0.1, -0.05) is 6.58 Å². The van der Waals surface area contributed by atoms with Crippen LogP contribution in [-0.2, 0) is 6.42 Å². The van der Waals surface area contributed by atoms with E-state index in [0.717, 1.165) is 33.6 Å². The van der Waals surface area contributed by atoms with Crippen molar-refractivity contribution in [1.29, 1.82) is 0 Å². The molecule has 3 rings (SSSR count). The summed E-state index contributed by atoms with van der Waals surface area (Å²) in [4.78, 5) is 4.67. The molecular weight excluding hydrogens is 284 g/mol. The maximum absolute atomic E-state index is 5.87. The molecule has 1 aliphatic rings. The third-order valence-electron chi connectivity index (χ3n) is 3.61. The molecule has 1 unspecified atom stereocenters. The zero-order chi connectivity index (χ0) is 14.8. The molecule has 0 fully saturated rings. The number of aromatic nitrogens is 1. The highest BCUT2D eigenvalue weighted by atomic mass is 32.1.